The summed E-state index contributed by atoms with van der Waals surface area (Å²) < 4.78 is 78.0. The fourth-order valence-corrected chi connectivity index (χ4v) is 7.25. The zero-order valence-corrected chi connectivity index (χ0v) is 22.1. The average molecular weight is 573 g/mol. The first-order chi connectivity index (χ1) is 17.0. The predicted molar refractivity (Wildman–Crippen MR) is 122 cm³/mol. The van der Waals surface area contributed by atoms with Gasteiger partial charge in [0.25, 0.3) is 0 Å². The highest BCUT2D eigenvalue weighted by Crippen LogP contribution is 2.71. The highest BCUT2D eigenvalue weighted by Gasteiger charge is 2.46. The standard InChI is InChI=1S/C16H26N5O12P3/c1-5-6-29-11-7-13(21-10-20-14-15(17)18-9-19-16(14)21)31-12(11)8-30-34(22,23)32-36(25,28-4)33-35(24,26-2)27-3/h5,9-13H,1,6-8H2,2-4H3,(H,22,23)(H2,17,18,19)/t11?,12-,13-,36?/m1/s1. The summed E-state index contributed by atoms with van der Waals surface area (Å²) in [7, 11) is -11.8. The minimum absolute atomic E-state index is 0.153. The highest BCUT2D eigenvalue weighted by molar-refractivity contribution is 7.67. The third-order valence-electron chi connectivity index (χ3n) is 4.78. The first kappa shape index (κ1) is 29.0. The van der Waals surface area contributed by atoms with Gasteiger partial charge in [-0.1, -0.05) is 6.08 Å². The van der Waals surface area contributed by atoms with Crippen LogP contribution in [0.1, 0.15) is 12.6 Å². The molecule has 20 heteroatoms. The number of rotatable bonds is 14. The highest BCUT2D eigenvalue weighted by atomic mass is 31.3. The van der Waals surface area contributed by atoms with Crippen molar-refractivity contribution < 1.29 is 54.8 Å². The molecule has 0 bridgehead atoms. The molecule has 1 aliphatic heterocycles. The quantitative estimate of drug-likeness (QED) is 0.245. The van der Waals surface area contributed by atoms with Crippen molar-refractivity contribution in [2.45, 2.75) is 24.9 Å². The molecule has 1 fully saturated rings. The lowest BCUT2D eigenvalue weighted by molar-refractivity contribution is -0.0551. The van der Waals surface area contributed by atoms with E-state index in [1.807, 2.05) is 0 Å². The second-order valence-electron chi connectivity index (χ2n) is 6.98. The van der Waals surface area contributed by atoms with Crippen molar-refractivity contribution in [1.29, 1.82) is 0 Å². The molecule has 0 aliphatic carbocycles. The fraction of sp³-hybridized carbons (Fsp3) is 0.562. The van der Waals surface area contributed by atoms with Crippen LogP contribution in [0, 0.1) is 0 Å². The van der Waals surface area contributed by atoms with Crippen LogP contribution in [-0.4, -0.2) is 71.2 Å². The Kier molecular flexibility index (Phi) is 9.55. The Morgan fingerprint density at radius 3 is 2.50 bits per heavy atom. The molecule has 2 aromatic heterocycles. The lowest BCUT2D eigenvalue weighted by Crippen LogP contribution is -2.29. The summed E-state index contributed by atoms with van der Waals surface area (Å²) in [6.45, 7) is 3.20. The van der Waals surface area contributed by atoms with Crippen molar-refractivity contribution in [1.82, 2.24) is 19.5 Å². The van der Waals surface area contributed by atoms with Gasteiger partial charge in [-0.15, -0.1) is 6.58 Å². The molecule has 3 rings (SSSR count). The van der Waals surface area contributed by atoms with E-state index in [1.54, 1.807) is 4.57 Å². The first-order valence-electron chi connectivity index (χ1n) is 10.1. The smallest absolute Gasteiger partial charge is 0.382 e. The molecule has 0 aromatic carbocycles. The molecule has 2 aromatic rings. The Bertz CT molecular complexity index is 1200. The van der Waals surface area contributed by atoms with Gasteiger partial charge in [-0.05, 0) is 0 Å². The van der Waals surface area contributed by atoms with E-state index in [0.717, 1.165) is 21.3 Å². The van der Waals surface area contributed by atoms with E-state index < -0.39 is 48.5 Å². The monoisotopic (exact) mass is 573 g/mol. The van der Waals surface area contributed by atoms with Crippen LogP contribution in [0.4, 0.5) is 5.82 Å². The van der Waals surface area contributed by atoms with E-state index in [4.69, 9.17) is 19.7 Å². The average Bonchev–Trinajstić information content (AvgIpc) is 3.45. The van der Waals surface area contributed by atoms with E-state index in [1.165, 1.54) is 18.7 Å². The van der Waals surface area contributed by atoms with Crippen LogP contribution < -0.4 is 5.73 Å². The summed E-state index contributed by atoms with van der Waals surface area (Å²) in [5.74, 6) is 0.186. The van der Waals surface area contributed by atoms with Crippen LogP contribution in [-0.2, 0) is 49.9 Å². The Balaban J connectivity index is 1.72. The molecule has 0 spiro atoms. The van der Waals surface area contributed by atoms with E-state index in [-0.39, 0.29) is 18.8 Å². The lowest BCUT2D eigenvalue weighted by atomic mass is 10.2. The van der Waals surface area contributed by atoms with Crippen molar-refractivity contribution in [3.05, 3.63) is 25.3 Å². The van der Waals surface area contributed by atoms with Gasteiger partial charge in [-0.3, -0.25) is 22.7 Å². The van der Waals surface area contributed by atoms with Gasteiger partial charge in [0.2, 0.25) is 0 Å². The third kappa shape index (κ3) is 6.84. The minimum Gasteiger partial charge on any atom is -0.382 e. The van der Waals surface area contributed by atoms with E-state index in [0.29, 0.717) is 11.2 Å². The fourth-order valence-electron chi connectivity index (χ4n) is 3.13. The summed E-state index contributed by atoms with van der Waals surface area (Å²) in [4.78, 5) is 22.4. The van der Waals surface area contributed by atoms with Crippen molar-refractivity contribution in [3.63, 3.8) is 0 Å². The Hall–Kier alpha value is -1.58. The Labute approximate surface area is 205 Å². The number of hydrogen-bond donors (Lipinski definition) is 2. The number of phosphoric ester groups is 2. The van der Waals surface area contributed by atoms with Gasteiger partial charge in [-0.2, -0.15) is 8.62 Å². The van der Waals surface area contributed by atoms with Gasteiger partial charge in [-0.25, -0.2) is 28.6 Å². The second kappa shape index (κ2) is 11.9. The minimum atomic E-state index is -5.13. The molecule has 3 N–H and O–H groups in total. The Morgan fingerprint density at radius 1 is 1.17 bits per heavy atom. The van der Waals surface area contributed by atoms with Crippen molar-refractivity contribution in [2.75, 3.05) is 40.3 Å². The number of nitrogens with zero attached hydrogens (tertiary/aromatic N) is 4. The molecule has 1 saturated heterocycles. The molecule has 36 heavy (non-hydrogen) atoms. The number of imidazole rings is 1. The molecule has 202 valence electrons. The molecule has 17 nitrogen and oxygen atoms in total. The molecule has 0 radical (unpaired) electrons. The van der Waals surface area contributed by atoms with Gasteiger partial charge in [0.15, 0.2) is 11.5 Å². The summed E-state index contributed by atoms with van der Waals surface area (Å²) in [5, 5.41) is 0. The van der Waals surface area contributed by atoms with E-state index in [2.05, 4.69) is 43.7 Å². The summed E-state index contributed by atoms with van der Waals surface area (Å²) in [6.07, 6.45) is 2.35. The molecule has 0 saturated carbocycles. The number of hydrogen-bond acceptors (Lipinski definition) is 15. The van der Waals surface area contributed by atoms with Gasteiger partial charge < -0.3 is 20.1 Å². The molecule has 5 atom stereocenters. The summed E-state index contributed by atoms with van der Waals surface area (Å²) >= 11 is 0. The molecule has 3 unspecified atom stereocenters. The SMILES string of the molecule is C=CCOC1C[C@H](n2cnc3c(N)ncnc32)O[C@@H]1COP(=O)(O)OP(=O)(OC)OP(=O)(OC)OC. The van der Waals surface area contributed by atoms with Crippen LogP contribution in [0.25, 0.3) is 11.2 Å². The molecule has 1 aliphatic rings. The zero-order chi connectivity index (χ0) is 26.6. The number of nitrogens with two attached hydrogens (primary N) is 1. The van der Waals surface area contributed by atoms with Crippen LogP contribution in [0.2, 0.25) is 0 Å². The van der Waals surface area contributed by atoms with Crippen molar-refractivity contribution in [2.24, 2.45) is 0 Å². The van der Waals surface area contributed by atoms with Crippen LogP contribution in [0.5, 0.6) is 0 Å². The molecule has 0 amide bonds. The maximum Gasteiger partial charge on any atom is 0.492 e. The Morgan fingerprint density at radius 2 is 1.86 bits per heavy atom. The largest absolute Gasteiger partial charge is 0.492 e. The first-order valence-corrected chi connectivity index (χ1v) is 14.5. The number of fused-ring (bicyclic) bond motifs is 1. The molecule has 3 heterocycles. The third-order valence-corrected chi connectivity index (χ3v) is 9.82. The lowest BCUT2D eigenvalue weighted by Gasteiger charge is -2.23. The van der Waals surface area contributed by atoms with Crippen LogP contribution in [0.15, 0.2) is 25.3 Å². The van der Waals surface area contributed by atoms with Gasteiger partial charge in [0.05, 0.1) is 25.6 Å². The van der Waals surface area contributed by atoms with Gasteiger partial charge in [0, 0.05) is 27.8 Å². The van der Waals surface area contributed by atoms with Crippen molar-refractivity contribution in [3.8, 4) is 0 Å². The summed E-state index contributed by atoms with van der Waals surface area (Å²) in [5.41, 5.74) is 6.61. The topological polar surface area (TPSA) is 215 Å². The van der Waals surface area contributed by atoms with E-state index >= 15 is 0 Å². The van der Waals surface area contributed by atoms with Crippen LogP contribution >= 0.6 is 23.5 Å². The zero-order valence-electron chi connectivity index (χ0n) is 19.4. The molecular formula is C16H26N5O12P3. The number of phosphoric acid groups is 3. The maximum absolute atomic E-state index is 12.6. The number of nitrogen functional groups attached to an aromatic ring is 1. The van der Waals surface area contributed by atoms with Gasteiger partial charge >= 0.3 is 23.5 Å². The maximum atomic E-state index is 12.6. The normalized spacial score (nSPS) is 23.9. The summed E-state index contributed by atoms with van der Waals surface area (Å²) in [6, 6.07) is 0. The van der Waals surface area contributed by atoms with Gasteiger partial charge in [0.1, 0.15) is 24.2 Å². The number of ether oxygens (including phenoxy) is 2. The number of anilines is 1. The second-order valence-corrected chi connectivity index (χ2v) is 12.4. The molecular weight excluding hydrogens is 547 g/mol. The van der Waals surface area contributed by atoms with Crippen LogP contribution in [0.3, 0.4) is 0 Å². The number of aromatic nitrogens is 4. The predicted octanol–water partition coefficient (Wildman–Crippen LogP) is 2.57. The van der Waals surface area contributed by atoms with Crippen molar-refractivity contribution >= 4 is 40.4 Å². The van der Waals surface area contributed by atoms with E-state index in [9.17, 15) is 18.6 Å².